The number of ether oxygens (including phenoxy) is 4. The zero-order valence-electron chi connectivity index (χ0n) is 16.0. The molecule has 1 heterocycles. The molecule has 7 heteroatoms. The Labute approximate surface area is 154 Å². The third kappa shape index (κ3) is 5.03. The molecule has 0 fully saturated rings. The van der Waals surface area contributed by atoms with E-state index in [0.717, 1.165) is 17.1 Å². The lowest BCUT2D eigenvalue weighted by molar-refractivity contribution is -0.162. The molecule has 2 rings (SSSR count). The summed E-state index contributed by atoms with van der Waals surface area (Å²) < 4.78 is 20.8. The van der Waals surface area contributed by atoms with Gasteiger partial charge in [0.1, 0.15) is 0 Å². The van der Waals surface area contributed by atoms with Gasteiger partial charge in [-0.15, -0.1) is 0 Å². The average Bonchev–Trinajstić information content (AvgIpc) is 3.02. The van der Waals surface area contributed by atoms with E-state index in [1.165, 1.54) is 0 Å². The lowest BCUT2D eigenvalue weighted by atomic mass is 9.98. The van der Waals surface area contributed by atoms with Crippen LogP contribution in [0.25, 0.3) is 0 Å². The van der Waals surface area contributed by atoms with Gasteiger partial charge in [-0.3, -0.25) is 4.79 Å². The van der Waals surface area contributed by atoms with Gasteiger partial charge in [-0.05, 0) is 58.7 Å². The van der Waals surface area contributed by atoms with E-state index in [9.17, 15) is 9.59 Å². The fraction of sp³-hybridized carbons (Fsp3) is 0.579. The highest BCUT2D eigenvalue weighted by molar-refractivity contribution is 5.75. The minimum Gasteiger partial charge on any atom is -0.454 e. The molecule has 1 aliphatic heterocycles. The first kappa shape index (κ1) is 19.9. The second kappa shape index (κ2) is 8.29. The van der Waals surface area contributed by atoms with E-state index in [1.807, 2.05) is 32.0 Å². The van der Waals surface area contributed by atoms with Crippen LogP contribution in [-0.4, -0.2) is 43.1 Å². The number of esters is 1. The van der Waals surface area contributed by atoms with Crippen LogP contribution in [-0.2, 0) is 20.7 Å². The number of hydrogen-bond acceptors (Lipinski definition) is 6. The molecule has 1 aromatic rings. The molecule has 0 saturated carbocycles. The van der Waals surface area contributed by atoms with E-state index in [4.69, 9.17) is 18.9 Å². The Bertz CT molecular complexity index is 652. The van der Waals surface area contributed by atoms with Crippen LogP contribution in [0.3, 0.4) is 0 Å². The molecule has 0 aromatic heterocycles. The number of fused-ring (bicyclic) bond motifs is 1. The van der Waals surface area contributed by atoms with E-state index in [-0.39, 0.29) is 19.6 Å². The average molecular weight is 365 g/mol. The standard InChI is InChI=1S/C19H27NO6/c1-6-20(18(22)26-12-25-17(21)19(3,4)5)13(2)9-14-7-8-15-16(10-14)24-11-23-15/h7-8,10,13H,6,9,11-12H2,1-5H3/t13-/m0/s1. The van der Waals surface area contributed by atoms with Crippen LogP contribution in [0.2, 0.25) is 0 Å². The van der Waals surface area contributed by atoms with Gasteiger partial charge in [0.25, 0.3) is 0 Å². The molecule has 7 nitrogen and oxygen atoms in total. The van der Waals surface area contributed by atoms with Crippen molar-refractivity contribution in [3.63, 3.8) is 0 Å². The van der Waals surface area contributed by atoms with E-state index in [0.29, 0.717) is 13.0 Å². The van der Waals surface area contributed by atoms with Crippen LogP contribution in [0, 0.1) is 5.41 Å². The Morgan fingerprint density at radius 3 is 2.54 bits per heavy atom. The first-order valence-electron chi connectivity index (χ1n) is 8.71. The Morgan fingerprint density at radius 2 is 1.88 bits per heavy atom. The molecule has 0 N–H and O–H groups in total. The van der Waals surface area contributed by atoms with Gasteiger partial charge in [-0.2, -0.15) is 0 Å². The van der Waals surface area contributed by atoms with E-state index in [2.05, 4.69) is 0 Å². The quantitative estimate of drug-likeness (QED) is 0.568. The van der Waals surface area contributed by atoms with Crippen LogP contribution in [0.1, 0.15) is 40.2 Å². The molecule has 0 aliphatic carbocycles. The predicted molar refractivity (Wildman–Crippen MR) is 95.0 cm³/mol. The monoisotopic (exact) mass is 365 g/mol. The number of carbonyl (C=O) groups is 2. The summed E-state index contributed by atoms with van der Waals surface area (Å²) in [6, 6.07) is 5.65. The molecule has 0 radical (unpaired) electrons. The fourth-order valence-corrected chi connectivity index (χ4v) is 2.57. The molecule has 26 heavy (non-hydrogen) atoms. The molecular formula is C19H27NO6. The Kier molecular flexibility index (Phi) is 6.34. The zero-order valence-corrected chi connectivity index (χ0v) is 16.0. The lowest BCUT2D eigenvalue weighted by Gasteiger charge is -2.27. The van der Waals surface area contributed by atoms with Gasteiger partial charge in [-0.1, -0.05) is 6.07 Å². The van der Waals surface area contributed by atoms with Crippen LogP contribution in [0.4, 0.5) is 4.79 Å². The van der Waals surface area contributed by atoms with Crippen molar-refractivity contribution in [1.82, 2.24) is 4.90 Å². The maximum atomic E-state index is 12.3. The summed E-state index contributed by atoms with van der Waals surface area (Å²) in [5.74, 6) is 1.03. The Hall–Kier alpha value is -2.44. The van der Waals surface area contributed by atoms with Crippen molar-refractivity contribution in [3.8, 4) is 11.5 Å². The Balaban J connectivity index is 1.88. The summed E-state index contributed by atoms with van der Waals surface area (Å²) in [5, 5.41) is 0. The van der Waals surface area contributed by atoms with Crippen LogP contribution < -0.4 is 9.47 Å². The molecule has 1 atom stereocenters. The maximum absolute atomic E-state index is 12.3. The van der Waals surface area contributed by atoms with Gasteiger partial charge in [-0.25, -0.2) is 4.79 Å². The molecule has 0 saturated heterocycles. The lowest BCUT2D eigenvalue weighted by Crippen LogP contribution is -2.40. The van der Waals surface area contributed by atoms with Crippen molar-refractivity contribution in [2.45, 2.75) is 47.1 Å². The van der Waals surface area contributed by atoms with Crippen LogP contribution in [0.5, 0.6) is 11.5 Å². The number of carbonyl (C=O) groups excluding carboxylic acids is 2. The van der Waals surface area contributed by atoms with E-state index < -0.39 is 17.5 Å². The van der Waals surface area contributed by atoms with Gasteiger partial charge >= 0.3 is 12.1 Å². The van der Waals surface area contributed by atoms with Crippen molar-refractivity contribution < 1.29 is 28.5 Å². The van der Waals surface area contributed by atoms with Gasteiger partial charge < -0.3 is 23.8 Å². The van der Waals surface area contributed by atoms with Gasteiger partial charge in [0.2, 0.25) is 13.6 Å². The SMILES string of the molecule is CCN(C(=O)OCOC(=O)C(C)(C)C)[C@@H](C)Cc1ccc2c(c1)OCO2. The smallest absolute Gasteiger partial charge is 0.412 e. The van der Waals surface area contributed by atoms with Crippen molar-refractivity contribution >= 4 is 12.1 Å². The molecule has 0 spiro atoms. The summed E-state index contributed by atoms with van der Waals surface area (Å²) in [6.45, 7) is 9.36. The topological polar surface area (TPSA) is 74.3 Å². The number of nitrogens with zero attached hydrogens (tertiary/aromatic N) is 1. The normalized spacial score (nSPS) is 13.9. The third-order valence-corrected chi connectivity index (χ3v) is 4.06. The van der Waals surface area contributed by atoms with E-state index in [1.54, 1.807) is 25.7 Å². The van der Waals surface area contributed by atoms with Crippen molar-refractivity contribution in [3.05, 3.63) is 23.8 Å². The number of rotatable bonds is 6. The number of likely N-dealkylation sites (N-methyl/N-ethyl adjacent to an activating group) is 1. The Morgan fingerprint density at radius 1 is 1.19 bits per heavy atom. The molecule has 1 amide bonds. The summed E-state index contributed by atoms with van der Waals surface area (Å²) in [4.78, 5) is 25.6. The highest BCUT2D eigenvalue weighted by Gasteiger charge is 2.25. The number of hydrogen-bond donors (Lipinski definition) is 0. The van der Waals surface area contributed by atoms with E-state index >= 15 is 0 Å². The van der Waals surface area contributed by atoms with Gasteiger partial charge in [0.15, 0.2) is 11.5 Å². The molecule has 0 unspecified atom stereocenters. The summed E-state index contributed by atoms with van der Waals surface area (Å²) in [6.07, 6.45) is 0.129. The molecule has 1 aliphatic rings. The number of amides is 1. The summed E-state index contributed by atoms with van der Waals surface area (Å²) >= 11 is 0. The predicted octanol–water partition coefficient (Wildman–Crippen LogP) is 3.35. The highest BCUT2D eigenvalue weighted by Crippen LogP contribution is 2.33. The van der Waals surface area contributed by atoms with Crippen molar-refractivity contribution in [2.75, 3.05) is 20.1 Å². The highest BCUT2D eigenvalue weighted by atomic mass is 16.7. The fourth-order valence-electron chi connectivity index (χ4n) is 2.57. The first-order valence-corrected chi connectivity index (χ1v) is 8.71. The molecule has 1 aromatic carbocycles. The minimum absolute atomic E-state index is 0.0915. The van der Waals surface area contributed by atoms with Crippen LogP contribution in [0.15, 0.2) is 18.2 Å². The van der Waals surface area contributed by atoms with Crippen LogP contribution >= 0.6 is 0 Å². The first-order chi connectivity index (χ1) is 12.2. The number of benzene rings is 1. The summed E-state index contributed by atoms with van der Waals surface area (Å²) in [5.41, 5.74) is 0.399. The van der Waals surface area contributed by atoms with Gasteiger partial charge in [0, 0.05) is 12.6 Å². The summed E-state index contributed by atoms with van der Waals surface area (Å²) in [7, 11) is 0. The molecule has 0 bridgehead atoms. The largest absolute Gasteiger partial charge is 0.454 e. The minimum atomic E-state index is -0.635. The second-order valence-corrected chi connectivity index (χ2v) is 7.24. The molecular weight excluding hydrogens is 338 g/mol. The van der Waals surface area contributed by atoms with Gasteiger partial charge in [0.05, 0.1) is 5.41 Å². The molecule has 144 valence electrons. The van der Waals surface area contributed by atoms with Crippen molar-refractivity contribution in [2.24, 2.45) is 5.41 Å². The maximum Gasteiger partial charge on any atom is 0.412 e. The van der Waals surface area contributed by atoms with Crippen molar-refractivity contribution in [1.29, 1.82) is 0 Å². The third-order valence-electron chi connectivity index (χ3n) is 4.06. The zero-order chi connectivity index (χ0) is 19.3. The second-order valence-electron chi connectivity index (χ2n) is 7.24.